The molecule has 1 atom stereocenters. The maximum atomic E-state index is 12.4. The van der Waals surface area contributed by atoms with Gasteiger partial charge in [0.05, 0.1) is 17.7 Å². The Balaban J connectivity index is 1.42. The molecule has 0 saturated carbocycles. The Labute approximate surface area is 170 Å². The first-order valence-corrected chi connectivity index (χ1v) is 9.02. The second kappa shape index (κ2) is 7.83. The predicted molar refractivity (Wildman–Crippen MR) is 105 cm³/mol. The molecule has 0 saturated heterocycles. The van der Waals surface area contributed by atoms with Gasteiger partial charge in [-0.15, -0.1) is 5.10 Å². The first-order chi connectivity index (χ1) is 14.4. The van der Waals surface area contributed by atoms with Crippen molar-refractivity contribution in [2.45, 2.75) is 18.9 Å². The van der Waals surface area contributed by atoms with Crippen LogP contribution in [0.1, 0.15) is 15.9 Å². The zero-order chi connectivity index (χ0) is 21.3. The van der Waals surface area contributed by atoms with Crippen LogP contribution in [0.25, 0.3) is 11.3 Å². The SMILES string of the molecule is Nc1cc(-c2cn(CC(=O)N[C@H]3Cc4cccc(C(=O)O)c4OB3O)nn2)ccn1. The lowest BCUT2D eigenvalue weighted by Crippen LogP contribution is -2.53. The summed E-state index contributed by atoms with van der Waals surface area (Å²) in [5.41, 5.74) is 7.46. The monoisotopic (exact) mass is 408 g/mol. The van der Waals surface area contributed by atoms with Crippen molar-refractivity contribution < 1.29 is 24.4 Å². The molecule has 1 aliphatic rings. The summed E-state index contributed by atoms with van der Waals surface area (Å²) in [6.07, 6.45) is 3.37. The van der Waals surface area contributed by atoms with Crippen molar-refractivity contribution in [3.63, 3.8) is 0 Å². The van der Waals surface area contributed by atoms with Gasteiger partial charge in [-0.3, -0.25) is 4.79 Å². The Kier molecular flexibility index (Phi) is 5.06. The van der Waals surface area contributed by atoms with Gasteiger partial charge in [-0.1, -0.05) is 17.3 Å². The lowest BCUT2D eigenvalue weighted by Gasteiger charge is -2.28. The minimum atomic E-state index is -1.38. The van der Waals surface area contributed by atoms with E-state index < -0.39 is 24.9 Å². The Hall–Kier alpha value is -3.93. The minimum Gasteiger partial charge on any atom is -0.534 e. The quantitative estimate of drug-likeness (QED) is 0.417. The number of aromatic nitrogens is 4. The third-order valence-corrected chi connectivity index (χ3v) is 4.62. The molecular formula is C18H17BN6O5. The Bertz CT molecular complexity index is 1120. The van der Waals surface area contributed by atoms with Gasteiger partial charge in [0.25, 0.3) is 0 Å². The van der Waals surface area contributed by atoms with E-state index in [1.807, 2.05) is 0 Å². The molecule has 12 heteroatoms. The van der Waals surface area contributed by atoms with Crippen LogP contribution in [-0.4, -0.2) is 55.0 Å². The fourth-order valence-electron chi connectivity index (χ4n) is 3.23. The van der Waals surface area contributed by atoms with Crippen LogP contribution in [0.3, 0.4) is 0 Å². The van der Waals surface area contributed by atoms with Crippen LogP contribution in [0, 0.1) is 0 Å². The molecule has 3 aromatic rings. The standard InChI is InChI=1S/C18H17BN6O5/c20-15-7-10(4-5-21-15)13-8-25(24-23-13)9-16(26)22-14-6-11-2-1-3-12(18(27)28)17(11)30-19(14)29/h1-5,7-8,14,29H,6,9H2,(H2,20,21)(H,22,26)(H,27,28)/t14-/m0/s1. The molecule has 0 fully saturated rings. The molecule has 11 nitrogen and oxygen atoms in total. The van der Waals surface area contributed by atoms with Gasteiger partial charge in [0, 0.05) is 11.8 Å². The van der Waals surface area contributed by atoms with E-state index in [0.29, 0.717) is 17.1 Å². The third kappa shape index (κ3) is 3.94. The van der Waals surface area contributed by atoms with E-state index in [9.17, 15) is 19.7 Å². The smallest absolute Gasteiger partial charge is 0.534 e. The van der Waals surface area contributed by atoms with Gasteiger partial charge in [-0.05, 0) is 30.2 Å². The van der Waals surface area contributed by atoms with Crippen molar-refractivity contribution >= 4 is 24.8 Å². The lowest BCUT2D eigenvalue weighted by molar-refractivity contribution is -0.122. The number of nitrogens with two attached hydrogens (primary N) is 1. The number of nitrogen functional groups attached to an aromatic ring is 1. The van der Waals surface area contributed by atoms with Gasteiger partial charge in [-0.2, -0.15) is 0 Å². The Morgan fingerprint density at radius 3 is 2.97 bits per heavy atom. The molecule has 2 aromatic heterocycles. The molecule has 0 spiro atoms. The van der Waals surface area contributed by atoms with Gasteiger partial charge in [0.2, 0.25) is 5.91 Å². The van der Waals surface area contributed by atoms with Gasteiger partial charge in [0.15, 0.2) is 0 Å². The van der Waals surface area contributed by atoms with Crippen LogP contribution in [0.5, 0.6) is 5.75 Å². The molecule has 1 aliphatic heterocycles. The number of nitrogens with one attached hydrogen (secondary N) is 1. The number of amides is 1. The number of hydrogen-bond donors (Lipinski definition) is 4. The van der Waals surface area contributed by atoms with Crippen molar-refractivity contribution in [1.29, 1.82) is 0 Å². The topological polar surface area (TPSA) is 165 Å². The average Bonchev–Trinajstić information content (AvgIpc) is 3.16. The number of carboxylic acid groups (broad SMARTS) is 1. The highest BCUT2D eigenvalue weighted by molar-refractivity contribution is 6.47. The molecule has 0 bridgehead atoms. The number of para-hydroxylation sites is 1. The number of nitrogens with zero attached hydrogens (tertiary/aromatic N) is 4. The summed E-state index contributed by atoms with van der Waals surface area (Å²) in [5.74, 6) is -1.85. The number of carbonyl (C=O) groups excluding carboxylic acids is 1. The summed E-state index contributed by atoms with van der Waals surface area (Å²) in [7, 11) is -1.38. The highest BCUT2D eigenvalue weighted by Gasteiger charge is 2.37. The molecule has 4 rings (SSSR count). The molecule has 3 heterocycles. The largest absolute Gasteiger partial charge is 0.547 e. The second-order valence-electron chi connectivity index (χ2n) is 6.76. The summed E-state index contributed by atoms with van der Waals surface area (Å²) in [6.45, 7) is -0.126. The van der Waals surface area contributed by atoms with Crippen molar-refractivity contribution in [2.75, 3.05) is 5.73 Å². The fourth-order valence-corrected chi connectivity index (χ4v) is 3.23. The van der Waals surface area contributed by atoms with Gasteiger partial charge in [0.1, 0.15) is 23.8 Å². The molecule has 0 unspecified atom stereocenters. The van der Waals surface area contributed by atoms with E-state index in [2.05, 4.69) is 20.6 Å². The van der Waals surface area contributed by atoms with Crippen LogP contribution in [0.4, 0.5) is 5.82 Å². The second-order valence-corrected chi connectivity index (χ2v) is 6.76. The van der Waals surface area contributed by atoms with Crippen molar-refractivity contribution in [2.24, 2.45) is 0 Å². The number of hydrogen-bond acceptors (Lipinski definition) is 8. The third-order valence-electron chi connectivity index (χ3n) is 4.62. The molecule has 1 amide bonds. The molecule has 30 heavy (non-hydrogen) atoms. The maximum Gasteiger partial charge on any atom is 0.547 e. The Morgan fingerprint density at radius 1 is 1.37 bits per heavy atom. The predicted octanol–water partition coefficient (Wildman–Crippen LogP) is -0.240. The fraction of sp³-hybridized carbons (Fsp3) is 0.167. The zero-order valence-corrected chi connectivity index (χ0v) is 15.6. The summed E-state index contributed by atoms with van der Waals surface area (Å²) < 4.78 is 6.72. The van der Waals surface area contributed by atoms with Crippen LogP contribution in [0.15, 0.2) is 42.7 Å². The maximum absolute atomic E-state index is 12.4. The van der Waals surface area contributed by atoms with E-state index in [1.54, 1.807) is 36.7 Å². The average molecular weight is 408 g/mol. The number of benzene rings is 1. The van der Waals surface area contributed by atoms with Gasteiger partial charge >= 0.3 is 13.1 Å². The number of carbonyl (C=O) groups is 2. The lowest BCUT2D eigenvalue weighted by atomic mass is 9.72. The summed E-state index contributed by atoms with van der Waals surface area (Å²) in [5, 5.41) is 30.1. The number of anilines is 1. The zero-order valence-electron chi connectivity index (χ0n) is 15.6. The molecule has 0 aliphatic carbocycles. The van der Waals surface area contributed by atoms with Gasteiger partial charge < -0.3 is 25.8 Å². The van der Waals surface area contributed by atoms with E-state index in [-0.39, 0.29) is 24.3 Å². The number of aromatic carboxylic acids is 1. The van der Waals surface area contributed by atoms with Crippen LogP contribution < -0.4 is 15.7 Å². The van der Waals surface area contributed by atoms with Gasteiger partial charge in [-0.25, -0.2) is 14.5 Å². The van der Waals surface area contributed by atoms with Crippen LogP contribution in [0.2, 0.25) is 0 Å². The summed E-state index contributed by atoms with van der Waals surface area (Å²) in [4.78, 5) is 27.6. The highest BCUT2D eigenvalue weighted by Crippen LogP contribution is 2.30. The highest BCUT2D eigenvalue weighted by atomic mass is 16.5. The van der Waals surface area contributed by atoms with Crippen molar-refractivity contribution in [3.05, 3.63) is 53.9 Å². The molecular weight excluding hydrogens is 391 g/mol. The van der Waals surface area contributed by atoms with Crippen molar-refractivity contribution in [3.8, 4) is 17.0 Å². The number of rotatable bonds is 5. The minimum absolute atomic E-state index is 0.0387. The molecule has 0 radical (unpaired) electrons. The normalized spacial score (nSPS) is 15.2. The van der Waals surface area contributed by atoms with Crippen LogP contribution in [-0.2, 0) is 17.8 Å². The molecule has 1 aromatic carbocycles. The summed E-state index contributed by atoms with van der Waals surface area (Å²) >= 11 is 0. The van der Waals surface area contributed by atoms with E-state index in [0.717, 1.165) is 5.56 Å². The van der Waals surface area contributed by atoms with E-state index in [1.165, 1.54) is 10.7 Å². The first-order valence-electron chi connectivity index (χ1n) is 9.02. The molecule has 5 N–H and O–H groups in total. The number of carboxylic acids is 1. The van der Waals surface area contributed by atoms with E-state index in [4.69, 9.17) is 10.4 Å². The Morgan fingerprint density at radius 2 is 2.20 bits per heavy atom. The van der Waals surface area contributed by atoms with Crippen LogP contribution >= 0.6 is 0 Å². The summed E-state index contributed by atoms with van der Waals surface area (Å²) in [6, 6.07) is 8.05. The van der Waals surface area contributed by atoms with E-state index >= 15 is 0 Å². The number of fused-ring (bicyclic) bond motifs is 1. The van der Waals surface area contributed by atoms with Crippen molar-refractivity contribution in [1.82, 2.24) is 25.3 Å². The number of pyridine rings is 1. The molecule has 152 valence electrons. The first kappa shape index (κ1) is 19.4.